The van der Waals surface area contributed by atoms with E-state index in [-0.39, 0.29) is 34.1 Å². The summed E-state index contributed by atoms with van der Waals surface area (Å²) in [6.45, 7) is 0. The Hall–Kier alpha value is -3.68. The van der Waals surface area contributed by atoms with Gasteiger partial charge in [0, 0.05) is 17.2 Å². The van der Waals surface area contributed by atoms with Crippen molar-refractivity contribution >= 4 is 17.5 Å². The van der Waals surface area contributed by atoms with E-state index in [1.807, 2.05) is 0 Å². The van der Waals surface area contributed by atoms with Crippen molar-refractivity contribution in [1.82, 2.24) is 0 Å². The maximum absolute atomic E-state index is 11.7. The Morgan fingerprint density at radius 3 is 2.39 bits per heavy atom. The van der Waals surface area contributed by atoms with Gasteiger partial charge in [-0.2, -0.15) is 0 Å². The third-order valence-electron chi connectivity index (χ3n) is 4.35. The highest BCUT2D eigenvalue weighted by atomic mass is 16.5. The molecule has 3 rings (SSSR count). The first-order valence-corrected chi connectivity index (χ1v) is 8.27. The third kappa shape index (κ3) is 3.44. The van der Waals surface area contributed by atoms with E-state index in [0.29, 0.717) is 11.1 Å². The molecular formula is C20H18O8. The number of aliphatic carboxylic acids is 1. The van der Waals surface area contributed by atoms with Crippen molar-refractivity contribution < 1.29 is 39.1 Å². The molecule has 1 aliphatic rings. The van der Waals surface area contributed by atoms with Gasteiger partial charge in [-0.25, -0.2) is 4.79 Å². The van der Waals surface area contributed by atoms with Crippen molar-refractivity contribution in [2.75, 3.05) is 14.2 Å². The number of cyclic esters (lactones) is 1. The SMILES string of the molecule is COc1cc(-c2ccc(O)cc2)c(OC)c(O)c1C1=CC(=O)O[C@@H]1CC(=O)O. The summed E-state index contributed by atoms with van der Waals surface area (Å²) in [5, 5.41) is 29.5. The van der Waals surface area contributed by atoms with Crippen molar-refractivity contribution in [3.8, 4) is 34.1 Å². The lowest BCUT2D eigenvalue weighted by Gasteiger charge is -2.20. The minimum absolute atomic E-state index is 0.0822. The predicted octanol–water partition coefficient (Wildman–Crippen LogP) is 2.57. The maximum Gasteiger partial charge on any atom is 0.331 e. The van der Waals surface area contributed by atoms with Crippen LogP contribution in [-0.2, 0) is 14.3 Å². The van der Waals surface area contributed by atoms with E-state index in [2.05, 4.69) is 0 Å². The number of methoxy groups -OCH3 is 2. The van der Waals surface area contributed by atoms with Gasteiger partial charge in [0.2, 0.25) is 0 Å². The summed E-state index contributed by atoms with van der Waals surface area (Å²) in [6, 6.07) is 7.85. The molecule has 2 aromatic carbocycles. The van der Waals surface area contributed by atoms with Crippen LogP contribution in [0.1, 0.15) is 12.0 Å². The lowest BCUT2D eigenvalue weighted by molar-refractivity contribution is -0.144. The zero-order valence-corrected chi connectivity index (χ0v) is 15.1. The highest BCUT2D eigenvalue weighted by Crippen LogP contribution is 2.49. The molecule has 1 heterocycles. The first-order chi connectivity index (χ1) is 13.3. The number of aromatic hydroxyl groups is 2. The van der Waals surface area contributed by atoms with Gasteiger partial charge >= 0.3 is 11.9 Å². The molecule has 2 aromatic rings. The smallest absolute Gasteiger partial charge is 0.331 e. The van der Waals surface area contributed by atoms with Gasteiger partial charge in [-0.15, -0.1) is 0 Å². The number of phenolic OH excluding ortho intramolecular Hbond substituents is 2. The lowest BCUT2D eigenvalue weighted by atomic mass is 9.93. The Morgan fingerprint density at radius 1 is 1.14 bits per heavy atom. The average molecular weight is 386 g/mol. The standard InChI is InChI=1S/C20H18O8/c1-26-15-7-12(10-3-5-11(21)6-4-10)20(27-2)19(25)18(15)13-8-17(24)28-14(13)9-16(22)23/h3-8,14,21,25H,9H2,1-2H3,(H,22,23)/t14-/m1/s1. The Kier molecular flexibility index (Phi) is 5.12. The average Bonchev–Trinajstić information content (AvgIpc) is 3.00. The molecule has 28 heavy (non-hydrogen) atoms. The molecule has 8 heteroatoms. The van der Waals surface area contributed by atoms with Crippen LogP contribution in [0.15, 0.2) is 36.4 Å². The van der Waals surface area contributed by atoms with Crippen LogP contribution in [0.2, 0.25) is 0 Å². The Balaban J connectivity index is 2.20. The van der Waals surface area contributed by atoms with Gasteiger partial charge in [-0.3, -0.25) is 4.79 Å². The van der Waals surface area contributed by atoms with Gasteiger partial charge in [0.1, 0.15) is 17.6 Å². The second-order valence-corrected chi connectivity index (χ2v) is 6.05. The molecule has 1 atom stereocenters. The summed E-state index contributed by atoms with van der Waals surface area (Å²) in [5.41, 5.74) is 1.45. The van der Waals surface area contributed by atoms with Crippen molar-refractivity contribution in [3.05, 3.63) is 42.0 Å². The van der Waals surface area contributed by atoms with Gasteiger partial charge in [0.15, 0.2) is 11.5 Å². The van der Waals surface area contributed by atoms with Crippen LogP contribution in [-0.4, -0.2) is 47.6 Å². The zero-order chi connectivity index (χ0) is 20.4. The summed E-state index contributed by atoms with van der Waals surface area (Å²) in [6.07, 6.45) is -0.387. The van der Waals surface area contributed by atoms with E-state index in [1.54, 1.807) is 18.2 Å². The highest BCUT2D eigenvalue weighted by Gasteiger charge is 2.34. The van der Waals surface area contributed by atoms with E-state index >= 15 is 0 Å². The molecule has 0 spiro atoms. The number of carboxylic acid groups (broad SMARTS) is 1. The summed E-state index contributed by atoms with van der Waals surface area (Å²) < 4.78 is 15.8. The maximum atomic E-state index is 11.7. The van der Waals surface area contributed by atoms with Crippen LogP contribution >= 0.6 is 0 Å². The molecule has 0 saturated heterocycles. The number of carbonyl (C=O) groups excluding carboxylic acids is 1. The van der Waals surface area contributed by atoms with Crippen molar-refractivity contribution in [2.45, 2.75) is 12.5 Å². The monoisotopic (exact) mass is 386 g/mol. The normalized spacial score (nSPS) is 15.7. The molecule has 1 aliphatic heterocycles. The summed E-state index contributed by atoms with van der Waals surface area (Å²) >= 11 is 0. The molecule has 0 unspecified atom stereocenters. The minimum Gasteiger partial charge on any atom is -0.508 e. The zero-order valence-electron chi connectivity index (χ0n) is 15.1. The van der Waals surface area contributed by atoms with Crippen molar-refractivity contribution in [3.63, 3.8) is 0 Å². The van der Waals surface area contributed by atoms with Crippen molar-refractivity contribution in [1.29, 1.82) is 0 Å². The molecule has 0 aliphatic carbocycles. The van der Waals surface area contributed by atoms with E-state index < -0.39 is 24.5 Å². The number of ether oxygens (including phenoxy) is 3. The number of hydrogen-bond donors (Lipinski definition) is 3. The first-order valence-electron chi connectivity index (χ1n) is 8.27. The van der Waals surface area contributed by atoms with Gasteiger partial charge in [-0.05, 0) is 23.8 Å². The lowest BCUT2D eigenvalue weighted by Crippen LogP contribution is -2.16. The molecule has 8 nitrogen and oxygen atoms in total. The van der Waals surface area contributed by atoms with E-state index in [0.717, 1.165) is 6.08 Å². The summed E-state index contributed by atoms with van der Waals surface area (Å²) in [7, 11) is 2.75. The number of hydrogen-bond acceptors (Lipinski definition) is 7. The number of benzene rings is 2. The summed E-state index contributed by atoms with van der Waals surface area (Å²) in [4.78, 5) is 22.8. The second-order valence-electron chi connectivity index (χ2n) is 6.05. The Morgan fingerprint density at radius 2 is 1.82 bits per heavy atom. The fraction of sp³-hybridized carbons (Fsp3) is 0.200. The third-order valence-corrected chi connectivity index (χ3v) is 4.35. The van der Waals surface area contributed by atoms with Gasteiger partial charge in [-0.1, -0.05) is 12.1 Å². The molecule has 0 saturated carbocycles. The van der Waals surface area contributed by atoms with Gasteiger partial charge < -0.3 is 29.5 Å². The molecule has 0 aromatic heterocycles. The van der Waals surface area contributed by atoms with Crippen LogP contribution in [0.5, 0.6) is 23.0 Å². The predicted molar refractivity (Wildman–Crippen MR) is 98.4 cm³/mol. The van der Waals surface area contributed by atoms with Crippen LogP contribution in [0.4, 0.5) is 0 Å². The second kappa shape index (κ2) is 7.51. The van der Waals surface area contributed by atoms with Crippen LogP contribution in [0, 0.1) is 0 Å². The van der Waals surface area contributed by atoms with E-state index in [9.17, 15) is 19.8 Å². The molecule has 0 bridgehead atoms. The topological polar surface area (TPSA) is 123 Å². The number of esters is 1. The Bertz CT molecular complexity index is 959. The first kappa shape index (κ1) is 19.1. The number of carbonyl (C=O) groups is 2. The van der Waals surface area contributed by atoms with Gasteiger partial charge in [0.25, 0.3) is 0 Å². The highest BCUT2D eigenvalue weighted by molar-refractivity contribution is 6.01. The van der Waals surface area contributed by atoms with E-state index in [4.69, 9.17) is 19.3 Å². The number of rotatable bonds is 6. The minimum atomic E-state index is -1.16. The van der Waals surface area contributed by atoms with Gasteiger partial charge in [0.05, 0.1) is 26.2 Å². The molecule has 3 N–H and O–H groups in total. The fourth-order valence-electron chi connectivity index (χ4n) is 3.13. The molecule has 0 amide bonds. The van der Waals surface area contributed by atoms with Crippen LogP contribution < -0.4 is 9.47 Å². The summed E-state index contributed by atoms with van der Waals surface area (Å²) in [5.74, 6) is -1.78. The van der Waals surface area contributed by atoms with Crippen molar-refractivity contribution in [2.24, 2.45) is 0 Å². The molecule has 146 valence electrons. The largest absolute Gasteiger partial charge is 0.508 e. The molecule has 0 radical (unpaired) electrons. The van der Waals surface area contributed by atoms with E-state index in [1.165, 1.54) is 26.4 Å². The number of phenols is 2. The number of carboxylic acids is 1. The Labute approximate surface area is 160 Å². The fourth-order valence-corrected chi connectivity index (χ4v) is 3.13. The van der Waals surface area contributed by atoms with Crippen LogP contribution in [0.25, 0.3) is 16.7 Å². The quantitative estimate of drug-likeness (QED) is 0.648. The van der Waals surface area contributed by atoms with Crippen LogP contribution in [0.3, 0.4) is 0 Å². The molecular weight excluding hydrogens is 368 g/mol. The molecule has 0 fully saturated rings.